The number of carbonyl (C=O) groups is 1. The minimum absolute atomic E-state index is 0.0537. The smallest absolute Gasteiger partial charge is 0.277 e. The van der Waals surface area contributed by atoms with Crippen molar-refractivity contribution in [1.82, 2.24) is 15.5 Å². The van der Waals surface area contributed by atoms with Crippen LogP contribution >= 0.6 is 11.8 Å². The third-order valence-electron chi connectivity index (χ3n) is 4.53. The Kier molecular flexibility index (Phi) is 7.09. The quantitative estimate of drug-likeness (QED) is 0.517. The normalized spacial score (nSPS) is 12.2. The highest BCUT2D eigenvalue weighted by Gasteiger charge is 2.13. The second kappa shape index (κ2) is 9.74. The minimum atomic E-state index is -0.0659. The van der Waals surface area contributed by atoms with Crippen LogP contribution in [-0.4, -0.2) is 21.9 Å². The summed E-state index contributed by atoms with van der Waals surface area (Å²) in [5.74, 6) is 1.25. The molecule has 1 aromatic heterocycles. The molecule has 5 nitrogen and oxygen atoms in total. The number of amides is 1. The van der Waals surface area contributed by atoms with E-state index in [9.17, 15) is 4.79 Å². The van der Waals surface area contributed by atoms with E-state index in [-0.39, 0.29) is 17.7 Å². The van der Waals surface area contributed by atoms with Crippen LogP contribution in [0.15, 0.2) is 58.2 Å². The SMILES string of the molecule is Cc1ccc(-c2nnc(SCC(=O)N[C@H](C)c3ccc(CC(C)C)cc3)o2)cc1. The molecule has 0 aliphatic rings. The number of thioether (sulfide) groups is 1. The molecular formula is C23H27N3O2S. The topological polar surface area (TPSA) is 68.0 Å². The van der Waals surface area contributed by atoms with Gasteiger partial charge in [0.25, 0.3) is 5.22 Å². The number of nitrogens with zero attached hydrogens (tertiary/aromatic N) is 2. The lowest BCUT2D eigenvalue weighted by molar-refractivity contribution is -0.119. The first-order valence-corrected chi connectivity index (χ1v) is 10.8. The summed E-state index contributed by atoms with van der Waals surface area (Å²) in [7, 11) is 0. The minimum Gasteiger partial charge on any atom is -0.411 e. The van der Waals surface area contributed by atoms with Gasteiger partial charge < -0.3 is 9.73 Å². The Morgan fingerprint density at radius 3 is 2.38 bits per heavy atom. The summed E-state index contributed by atoms with van der Waals surface area (Å²) in [6.45, 7) is 8.43. The molecule has 1 N–H and O–H groups in total. The fourth-order valence-electron chi connectivity index (χ4n) is 2.99. The van der Waals surface area contributed by atoms with Crippen molar-refractivity contribution < 1.29 is 9.21 Å². The van der Waals surface area contributed by atoms with Crippen molar-refractivity contribution in [3.63, 3.8) is 0 Å². The van der Waals surface area contributed by atoms with Crippen LogP contribution in [-0.2, 0) is 11.2 Å². The predicted octanol–water partition coefficient (Wildman–Crippen LogP) is 5.21. The second-order valence-corrected chi connectivity index (χ2v) is 8.58. The lowest BCUT2D eigenvalue weighted by Gasteiger charge is -2.15. The maximum absolute atomic E-state index is 12.3. The maximum Gasteiger partial charge on any atom is 0.277 e. The fourth-order valence-corrected chi connectivity index (χ4v) is 3.56. The van der Waals surface area contributed by atoms with Gasteiger partial charge in [0.2, 0.25) is 11.8 Å². The third-order valence-corrected chi connectivity index (χ3v) is 5.35. The zero-order valence-corrected chi connectivity index (χ0v) is 18.1. The van der Waals surface area contributed by atoms with Crippen LogP contribution in [0.2, 0.25) is 0 Å². The molecule has 0 fully saturated rings. The molecule has 0 spiro atoms. The first-order valence-electron chi connectivity index (χ1n) is 9.82. The van der Waals surface area contributed by atoms with Gasteiger partial charge in [0.1, 0.15) is 0 Å². The highest BCUT2D eigenvalue weighted by Crippen LogP contribution is 2.23. The Bertz CT molecular complexity index is 934. The molecule has 0 aliphatic carbocycles. The highest BCUT2D eigenvalue weighted by atomic mass is 32.2. The highest BCUT2D eigenvalue weighted by molar-refractivity contribution is 7.99. The first kappa shape index (κ1) is 21.1. The largest absolute Gasteiger partial charge is 0.411 e. The molecule has 0 aliphatic heterocycles. The molecule has 6 heteroatoms. The number of hydrogen-bond donors (Lipinski definition) is 1. The molecule has 0 saturated heterocycles. The number of carbonyl (C=O) groups excluding carboxylic acids is 1. The van der Waals surface area contributed by atoms with Crippen LogP contribution in [0.3, 0.4) is 0 Å². The summed E-state index contributed by atoms with van der Waals surface area (Å²) >= 11 is 1.24. The molecule has 1 atom stereocenters. The van der Waals surface area contributed by atoms with Crippen LogP contribution in [0.5, 0.6) is 0 Å². The van der Waals surface area contributed by atoms with E-state index in [0.29, 0.717) is 17.0 Å². The van der Waals surface area contributed by atoms with Crippen LogP contribution in [0, 0.1) is 12.8 Å². The van der Waals surface area contributed by atoms with E-state index in [1.807, 2.05) is 38.1 Å². The summed E-state index contributed by atoms with van der Waals surface area (Å²) in [4.78, 5) is 12.3. The molecule has 0 saturated carbocycles. The summed E-state index contributed by atoms with van der Waals surface area (Å²) in [5.41, 5.74) is 4.45. The number of benzene rings is 2. The Balaban J connectivity index is 1.50. The van der Waals surface area contributed by atoms with Gasteiger partial charge in [0.05, 0.1) is 11.8 Å². The lowest BCUT2D eigenvalue weighted by Crippen LogP contribution is -2.28. The Morgan fingerprint density at radius 2 is 1.72 bits per heavy atom. The van der Waals surface area contributed by atoms with Gasteiger partial charge in [-0.05, 0) is 49.4 Å². The molecule has 1 amide bonds. The molecule has 2 aromatic carbocycles. The zero-order valence-electron chi connectivity index (χ0n) is 17.3. The monoisotopic (exact) mass is 409 g/mol. The summed E-state index contributed by atoms with van der Waals surface area (Å²) in [6.07, 6.45) is 1.06. The van der Waals surface area contributed by atoms with Gasteiger partial charge in [-0.25, -0.2) is 0 Å². The Labute approximate surface area is 176 Å². The third kappa shape index (κ3) is 6.19. The fraction of sp³-hybridized carbons (Fsp3) is 0.348. The number of aryl methyl sites for hydroxylation is 1. The average Bonchev–Trinajstić information content (AvgIpc) is 3.16. The van der Waals surface area contributed by atoms with Gasteiger partial charge >= 0.3 is 0 Å². The van der Waals surface area contributed by atoms with Gasteiger partial charge in [-0.1, -0.05) is 67.6 Å². The van der Waals surface area contributed by atoms with Crippen molar-refractivity contribution in [2.75, 3.05) is 5.75 Å². The summed E-state index contributed by atoms with van der Waals surface area (Å²) in [6, 6.07) is 16.3. The van der Waals surface area contributed by atoms with E-state index in [1.165, 1.54) is 22.9 Å². The summed E-state index contributed by atoms with van der Waals surface area (Å²) < 4.78 is 5.66. The van der Waals surface area contributed by atoms with Gasteiger partial charge in [-0.2, -0.15) is 0 Å². The summed E-state index contributed by atoms with van der Waals surface area (Å²) in [5, 5.41) is 11.5. The molecule has 3 aromatic rings. The van der Waals surface area contributed by atoms with Gasteiger partial charge in [0, 0.05) is 5.56 Å². The molecular weight excluding hydrogens is 382 g/mol. The number of hydrogen-bond acceptors (Lipinski definition) is 5. The molecule has 0 bridgehead atoms. The maximum atomic E-state index is 12.3. The van der Waals surface area contributed by atoms with Crippen LogP contribution in [0.4, 0.5) is 0 Å². The van der Waals surface area contributed by atoms with E-state index in [1.54, 1.807) is 0 Å². The van der Waals surface area contributed by atoms with Crippen molar-refractivity contribution in [2.24, 2.45) is 5.92 Å². The molecule has 0 unspecified atom stereocenters. The van der Waals surface area contributed by atoms with E-state index < -0.39 is 0 Å². The standard InChI is InChI=1S/C23H27N3O2S/c1-15(2)13-18-7-11-19(12-8-18)17(4)24-21(27)14-29-23-26-25-22(28-23)20-9-5-16(3)6-10-20/h5-12,15,17H,13-14H2,1-4H3,(H,24,27)/t17-/m1/s1. The van der Waals surface area contributed by atoms with E-state index in [0.717, 1.165) is 17.5 Å². The number of nitrogens with one attached hydrogen (secondary N) is 1. The van der Waals surface area contributed by atoms with Crippen LogP contribution < -0.4 is 5.32 Å². The van der Waals surface area contributed by atoms with E-state index >= 15 is 0 Å². The van der Waals surface area contributed by atoms with Crippen molar-refractivity contribution in [1.29, 1.82) is 0 Å². The zero-order chi connectivity index (χ0) is 20.8. The molecule has 0 radical (unpaired) electrons. The number of aromatic nitrogens is 2. The van der Waals surface area contributed by atoms with Gasteiger partial charge in [-0.15, -0.1) is 10.2 Å². The van der Waals surface area contributed by atoms with Crippen molar-refractivity contribution in [2.45, 2.75) is 45.4 Å². The van der Waals surface area contributed by atoms with E-state index in [2.05, 4.69) is 53.6 Å². The molecule has 29 heavy (non-hydrogen) atoms. The average molecular weight is 410 g/mol. The molecule has 1 heterocycles. The molecule has 152 valence electrons. The lowest BCUT2D eigenvalue weighted by atomic mass is 10.00. The molecule has 3 rings (SSSR count). The van der Waals surface area contributed by atoms with Crippen LogP contribution in [0.1, 0.15) is 43.5 Å². The Hall–Kier alpha value is -2.60. The first-order chi connectivity index (χ1) is 13.9. The van der Waals surface area contributed by atoms with E-state index in [4.69, 9.17) is 4.42 Å². The second-order valence-electron chi connectivity index (χ2n) is 7.66. The van der Waals surface area contributed by atoms with Gasteiger partial charge in [0.15, 0.2) is 0 Å². The van der Waals surface area contributed by atoms with Gasteiger partial charge in [-0.3, -0.25) is 4.79 Å². The van der Waals surface area contributed by atoms with Crippen molar-refractivity contribution >= 4 is 17.7 Å². The van der Waals surface area contributed by atoms with Crippen molar-refractivity contribution in [3.05, 3.63) is 65.2 Å². The Morgan fingerprint density at radius 1 is 1.03 bits per heavy atom. The number of rotatable bonds is 8. The predicted molar refractivity (Wildman–Crippen MR) is 117 cm³/mol. The van der Waals surface area contributed by atoms with Crippen LogP contribution in [0.25, 0.3) is 11.5 Å². The van der Waals surface area contributed by atoms with Crippen molar-refractivity contribution in [3.8, 4) is 11.5 Å².